The molecule has 2 aromatic heterocycles. The number of carbonyl (C=O) groups is 3. The lowest BCUT2D eigenvalue weighted by molar-refractivity contribution is -0.143. The number of aliphatic hydroxyl groups is 1. The van der Waals surface area contributed by atoms with E-state index in [0.717, 1.165) is 37.7 Å². The van der Waals surface area contributed by atoms with Gasteiger partial charge in [-0.2, -0.15) is 21.7 Å². The maximum Gasteiger partial charge on any atom is 0.328 e. The summed E-state index contributed by atoms with van der Waals surface area (Å²) in [5.74, 6) is -0.172. The molecule has 0 saturated carbocycles. The molecule has 2 amide bonds. The van der Waals surface area contributed by atoms with Crippen molar-refractivity contribution in [2.75, 3.05) is 47.6 Å². The minimum atomic E-state index is -1.22. The number of aromatic nitrogens is 4. The van der Waals surface area contributed by atoms with Crippen LogP contribution in [0.2, 0.25) is 0 Å². The van der Waals surface area contributed by atoms with Crippen molar-refractivity contribution >= 4 is 58.2 Å². The van der Waals surface area contributed by atoms with Crippen LogP contribution in [-0.4, -0.2) is 85.8 Å². The number of aromatic amines is 1. The first-order chi connectivity index (χ1) is 27.2. The monoisotopic (exact) mass is 799 g/mol. The Labute approximate surface area is 335 Å². The summed E-state index contributed by atoms with van der Waals surface area (Å²) in [6.45, 7) is 4.79. The fraction of sp³-hybridized carbons (Fsp3) is 0.650. The highest BCUT2D eigenvalue weighted by atomic mass is 32.2. The van der Waals surface area contributed by atoms with Crippen LogP contribution in [0.1, 0.15) is 122 Å². The highest BCUT2D eigenvalue weighted by Gasteiger charge is 2.23. The first kappa shape index (κ1) is 46.2. The number of anilines is 3. The van der Waals surface area contributed by atoms with Crippen molar-refractivity contribution in [2.24, 2.45) is 5.73 Å². The van der Waals surface area contributed by atoms with Crippen LogP contribution in [-0.2, 0) is 25.7 Å². The lowest BCUT2D eigenvalue weighted by Crippen LogP contribution is -2.52. The van der Waals surface area contributed by atoms with E-state index >= 15 is 0 Å². The summed E-state index contributed by atoms with van der Waals surface area (Å²) in [6.07, 6.45) is 18.6. The molecule has 0 aliphatic heterocycles. The average Bonchev–Trinajstić information content (AvgIpc) is 3.50. The molecule has 2 heterocycles. The third-order valence-corrected chi connectivity index (χ3v) is 10.5. The maximum atomic E-state index is 12.9. The summed E-state index contributed by atoms with van der Waals surface area (Å²) in [6, 6.07) is 4.63. The zero-order valence-electron chi connectivity index (χ0n) is 33.4. The van der Waals surface area contributed by atoms with E-state index in [1.54, 1.807) is 24.3 Å². The number of imidazole rings is 1. The number of fused-ring (bicyclic) bond motifs is 1. The molecule has 0 bridgehead atoms. The molecule has 0 aliphatic rings. The van der Waals surface area contributed by atoms with Gasteiger partial charge < -0.3 is 42.2 Å². The van der Waals surface area contributed by atoms with E-state index in [9.17, 15) is 24.3 Å². The van der Waals surface area contributed by atoms with Gasteiger partial charge in [-0.25, -0.2) is 4.79 Å². The Bertz CT molecular complexity index is 1670. The lowest BCUT2D eigenvalue weighted by Gasteiger charge is -2.19. The molecular formula is C40H65N9O6S. The molecule has 0 radical (unpaired) electrons. The number of hydrogen-bond donors (Lipinski definition) is 7. The molecule has 1 aromatic carbocycles. The molecule has 312 valence electrons. The molecular weight excluding hydrogens is 735 g/mol. The van der Waals surface area contributed by atoms with Crippen LogP contribution < -0.4 is 33.1 Å². The second kappa shape index (κ2) is 26.7. The number of esters is 1. The Morgan fingerprint density at radius 2 is 1.52 bits per heavy atom. The molecule has 16 heteroatoms. The number of nitrogens with one attached hydrogen (secondary N) is 4. The van der Waals surface area contributed by atoms with Crippen LogP contribution in [0.4, 0.5) is 17.5 Å². The molecule has 0 fully saturated rings. The standard InChI is InChI=1S/C40H65N9O6S/c1-3-5-7-8-9-10-11-12-13-14-15-16-17-18-33(51)55-24-25-56-28-31(41)37(52)45-32(27-50)38(53)44-30-21-19-29(20-22-30)26-49-36-34(46-40(49)54)35(42)47-39(48-36)43-23-6-4-2/h19-22,31-32,50H,3-18,23-28,41H2,1-2H3,(H,44,53)(H,45,52)(H,46,54)(H3,42,43,47,48). The molecule has 0 aliphatic carbocycles. The molecule has 9 N–H and O–H groups in total. The summed E-state index contributed by atoms with van der Waals surface area (Å²) in [4.78, 5) is 61.9. The molecule has 0 saturated heterocycles. The fourth-order valence-corrected chi connectivity index (χ4v) is 6.87. The van der Waals surface area contributed by atoms with Gasteiger partial charge in [0.15, 0.2) is 11.5 Å². The number of benzene rings is 1. The molecule has 2 atom stereocenters. The SMILES string of the molecule is CCCCCCCCCCCCCCCC(=O)OCCSCC(N)C(=O)NC(CO)C(=O)Nc1ccc(Cn2c(=O)[nH]c3c(N)nc(NCCCC)nc32)cc1. The van der Waals surface area contributed by atoms with Gasteiger partial charge in [0.25, 0.3) is 0 Å². The summed E-state index contributed by atoms with van der Waals surface area (Å²) < 4.78 is 6.78. The number of nitrogens with zero attached hydrogens (tertiary/aromatic N) is 3. The number of hydrogen-bond acceptors (Lipinski definition) is 12. The van der Waals surface area contributed by atoms with Crippen molar-refractivity contribution in [3.05, 3.63) is 40.3 Å². The number of H-pyrrole nitrogens is 1. The molecule has 3 aromatic rings. The Morgan fingerprint density at radius 3 is 2.14 bits per heavy atom. The van der Waals surface area contributed by atoms with Crippen LogP contribution in [0.5, 0.6) is 0 Å². The number of aliphatic hydroxyl groups excluding tert-OH is 1. The van der Waals surface area contributed by atoms with Crippen LogP contribution >= 0.6 is 11.8 Å². The highest BCUT2D eigenvalue weighted by molar-refractivity contribution is 7.99. The molecule has 3 rings (SSSR count). The van der Waals surface area contributed by atoms with Crippen LogP contribution in [0, 0.1) is 0 Å². The number of nitrogens with two attached hydrogens (primary N) is 2. The van der Waals surface area contributed by atoms with Gasteiger partial charge in [-0.1, -0.05) is 109 Å². The number of unbranched alkanes of at least 4 members (excludes halogenated alkanes) is 13. The van der Waals surface area contributed by atoms with Gasteiger partial charge in [0, 0.05) is 30.2 Å². The summed E-state index contributed by atoms with van der Waals surface area (Å²) in [5, 5.41) is 18.2. The third kappa shape index (κ3) is 16.9. The number of carbonyl (C=O) groups excluding carboxylic acids is 3. The molecule has 0 spiro atoms. The fourth-order valence-electron chi connectivity index (χ4n) is 6.09. The van der Waals surface area contributed by atoms with E-state index in [4.69, 9.17) is 16.2 Å². The number of nitrogen functional groups attached to an aromatic ring is 1. The second-order valence-corrected chi connectivity index (χ2v) is 15.4. The van der Waals surface area contributed by atoms with Gasteiger partial charge in [-0.15, -0.1) is 0 Å². The number of rotatable bonds is 30. The van der Waals surface area contributed by atoms with Crippen LogP contribution in [0.3, 0.4) is 0 Å². The average molecular weight is 800 g/mol. The van der Waals surface area contributed by atoms with Crippen molar-refractivity contribution < 1.29 is 24.2 Å². The van der Waals surface area contributed by atoms with Gasteiger partial charge >= 0.3 is 11.7 Å². The van der Waals surface area contributed by atoms with Crippen molar-refractivity contribution in [1.29, 1.82) is 0 Å². The minimum Gasteiger partial charge on any atom is -0.465 e. The Hall–Kier alpha value is -4.15. The normalized spacial score (nSPS) is 12.4. The number of amides is 2. The van der Waals surface area contributed by atoms with E-state index in [1.807, 2.05) is 0 Å². The zero-order valence-corrected chi connectivity index (χ0v) is 34.2. The number of ether oxygens (including phenoxy) is 1. The summed E-state index contributed by atoms with van der Waals surface area (Å²) >= 11 is 1.37. The van der Waals surface area contributed by atoms with Crippen LogP contribution in [0.15, 0.2) is 29.1 Å². The van der Waals surface area contributed by atoms with E-state index < -0.39 is 30.5 Å². The van der Waals surface area contributed by atoms with Crippen molar-refractivity contribution in [3.63, 3.8) is 0 Å². The quantitative estimate of drug-likeness (QED) is 0.0329. The van der Waals surface area contributed by atoms with Crippen molar-refractivity contribution in [1.82, 2.24) is 24.8 Å². The van der Waals surface area contributed by atoms with E-state index in [2.05, 4.69) is 44.7 Å². The van der Waals surface area contributed by atoms with Crippen molar-refractivity contribution in [3.8, 4) is 0 Å². The first-order valence-corrected chi connectivity index (χ1v) is 21.6. The van der Waals surface area contributed by atoms with Gasteiger partial charge in [-0.3, -0.25) is 19.0 Å². The predicted molar refractivity (Wildman–Crippen MR) is 226 cm³/mol. The maximum absolute atomic E-state index is 12.9. The zero-order chi connectivity index (χ0) is 40.5. The molecule has 2 unspecified atom stereocenters. The van der Waals surface area contributed by atoms with Gasteiger partial charge in [0.1, 0.15) is 18.2 Å². The Kier molecular flexibility index (Phi) is 22.0. The van der Waals surface area contributed by atoms with Crippen LogP contribution in [0.25, 0.3) is 11.2 Å². The predicted octanol–water partition coefficient (Wildman–Crippen LogP) is 5.46. The van der Waals surface area contributed by atoms with Gasteiger partial charge in [0.05, 0.1) is 19.2 Å². The third-order valence-electron chi connectivity index (χ3n) is 9.45. The summed E-state index contributed by atoms with van der Waals surface area (Å²) in [7, 11) is 0. The first-order valence-electron chi connectivity index (χ1n) is 20.5. The molecule has 56 heavy (non-hydrogen) atoms. The highest BCUT2D eigenvalue weighted by Crippen LogP contribution is 2.19. The van der Waals surface area contributed by atoms with E-state index in [0.29, 0.717) is 41.5 Å². The Balaban J connectivity index is 1.30. The topological polar surface area (TPSA) is 232 Å². The summed E-state index contributed by atoms with van der Waals surface area (Å²) in [5.41, 5.74) is 13.6. The van der Waals surface area contributed by atoms with Crippen molar-refractivity contribution in [2.45, 2.75) is 135 Å². The van der Waals surface area contributed by atoms with E-state index in [1.165, 1.54) is 80.5 Å². The van der Waals surface area contributed by atoms with Gasteiger partial charge in [-0.05, 0) is 30.5 Å². The smallest absolute Gasteiger partial charge is 0.328 e. The number of thioether (sulfide) groups is 1. The van der Waals surface area contributed by atoms with Gasteiger partial charge in [0.2, 0.25) is 17.8 Å². The second-order valence-electron chi connectivity index (χ2n) is 14.3. The molecule has 15 nitrogen and oxygen atoms in total. The Morgan fingerprint density at radius 1 is 0.893 bits per heavy atom. The van der Waals surface area contributed by atoms with E-state index in [-0.39, 0.29) is 36.4 Å². The largest absolute Gasteiger partial charge is 0.465 e. The minimum absolute atomic E-state index is 0.168. The lowest BCUT2D eigenvalue weighted by atomic mass is 10.0.